The van der Waals surface area contributed by atoms with Gasteiger partial charge in [0.2, 0.25) is 5.91 Å². The second-order valence-corrected chi connectivity index (χ2v) is 3.71. The molecule has 4 heteroatoms. The average Bonchev–Trinajstić information content (AvgIpc) is 2.65. The SMILES string of the molecule is COc1ccc(C2CNC(=O)C2)cc1N. The molecule has 0 radical (unpaired) electrons. The number of hydrogen-bond donors (Lipinski definition) is 2. The van der Waals surface area contributed by atoms with E-state index in [1.54, 1.807) is 7.11 Å². The molecule has 1 amide bonds. The van der Waals surface area contributed by atoms with Gasteiger partial charge in [-0.1, -0.05) is 6.07 Å². The van der Waals surface area contributed by atoms with E-state index >= 15 is 0 Å². The Morgan fingerprint density at radius 3 is 2.87 bits per heavy atom. The lowest BCUT2D eigenvalue weighted by molar-refractivity contribution is -0.119. The van der Waals surface area contributed by atoms with Crippen molar-refractivity contribution in [1.82, 2.24) is 5.32 Å². The first-order chi connectivity index (χ1) is 7.20. The molecule has 1 aliphatic heterocycles. The summed E-state index contributed by atoms with van der Waals surface area (Å²) in [6.07, 6.45) is 0.547. The molecule has 0 aromatic heterocycles. The van der Waals surface area contributed by atoms with Crippen molar-refractivity contribution in [1.29, 1.82) is 0 Å². The van der Waals surface area contributed by atoms with E-state index in [2.05, 4.69) is 5.32 Å². The highest BCUT2D eigenvalue weighted by molar-refractivity contribution is 5.79. The van der Waals surface area contributed by atoms with Crippen LogP contribution in [-0.2, 0) is 4.79 Å². The van der Waals surface area contributed by atoms with E-state index in [0.29, 0.717) is 24.4 Å². The van der Waals surface area contributed by atoms with Crippen molar-refractivity contribution in [2.45, 2.75) is 12.3 Å². The standard InChI is InChI=1S/C11H14N2O2/c1-15-10-3-2-7(4-9(10)12)8-5-11(14)13-6-8/h2-4,8H,5-6,12H2,1H3,(H,13,14). The minimum atomic E-state index is 0.106. The number of carbonyl (C=O) groups is 1. The summed E-state index contributed by atoms with van der Waals surface area (Å²) < 4.78 is 5.08. The molecule has 0 aliphatic carbocycles. The molecule has 3 N–H and O–H groups in total. The first-order valence-corrected chi connectivity index (χ1v) is 4.91. The number of amides is 1. The highest BCUT2D eigenvalue weighted by atomic mass is 16.5. The molecular formula is C11H14N2O2. The van der Waals surface area contributed by atoms with Crippen LogP contribution in [0.4, 0.5) is 5.69 Å². The van der Waals surface area contributed by atoms with Crippen molar-refractivity contribution < 1.29 is 9.53 Å². The number of ether oxygens (including phenoxy) is 1. The lowest BCUT2D eigenvalue weighted by Gasteiger charge is -2.10. The van der Waals surface area contributed by atoms with E-state index in [1.165, 1.54) is 0 Å². The number of anilines is 1. The average molecular weight is 206 g/mol. The Morgan fingerprint density at radius 2 is 2.33 bits per heavy atom. The highest BCUT2D eigenvalue weighted by Crippen LogP contribution is 2.29. The number of nitrogens with one attached hydrogen (secondary N) is 1. The van der Waals surface area contributed by atoms with Crippen molar-refractivity contribution in [3.63, 3.8) is 0 Å². The summed E-state index contributed by atoms with van der Waals surface area (Å²) in [5.74, 6) is 1.02. The van der Waals surface area contributed by atoms with Gasteiger partial charge in [-0.05, 0) is 17.7 Å². The molecule has 1 heterocycles. The Bertz CT molecular complexity index is 390. The van der Waals surface area contributed by atoms with Crippen LogP contribution in [0.3, 0.4) is 0 Å². The van der Waals surface area contributed by atoms with E-state index in [1.807, 2.05) is 18.2 Å². The van der Waals surface area contributed by atoms with Crippen LogP contribution in [0.15, 0.2) is 18.2 Å². The summed E-state index contributed by atoms with van der Waals surface area (Å²) in [5, 5.41) is 2.81. The van der Waals surface area contributed by atoms with Gasteiger partial charge in [-0.25, -0.2) is 0 Å². The van der Waals surface area contributed by atoms with Crippen molar-refractivity contribution in [2.75, 3.05) is 19.4 Å². The predicted molar refractivity (Wildman–Crippen MR) is 57.8 cm³/mol. The number of carbonyl (C=O) groups excluding carboxylic acids is 1. The summed E-state index contributed by atoms with van der Waals surface area (Å²) in [6.45, 7) is 0.699. The monoisotopic (exact) mass is 206 g/mol. The van der Waals surface area contributed by atoms with Gasteiger partial charge in [0, 0.05) is 18.9 Å². The molecule has 4 nitrogen and oxygen atoms in total. The zero-order chi connectivity index (χ0) is 10.8. The van der Waals surface area contributed by atoms with Gasteiger partial charge in [0.15, 0.2) is 0 Å². The first kappa shape index (κ1) is 9.83. The molecule has 1 fully saturated rings. The quantitative estimate of drug-likeness (QED) is 0.706. The largest absolute Gasteiger partial charge is 0.495 e. The Hall–Kier alpha value is -1.71. The molecule has 1 unspecified atom stereocenters. The maximum atomic E-state index is 11.1. The summed E-state index contributed by atoms with van der Waals surface area (Å²) in [5.41, 5.74) is 7.51. The first-order valence-electron chi connectivity index (χ1n) is 4.91. The van der Waals surface area contributed by atoms with Gasteiger partial charge < -0.3 is 15.8 Å². The van der Waals surface area contributed by atoms with Crippen LogP contribution < -0.4 is 15.8 Å². The summed E-state index contributed by atoms with van der Waals surface area (Å²) >= 11 is 0. The Balaban J connectivity index is 2.22. The fourth-order valence-electron chi connectivity index (χ4n) is 1.85. The number of hydrogen-bond acceptors (Lipinski definition) is 3. The number of rotatable bonds is 2. The molecular weight excluding hydrogens is 192 g/mol. The summed E-state index contributed by atoms with van der Waals surface area (Å²) in [4.78, 5) is 11.1. The van der Waals surface area contributed by atoms with Gasteiger partial charge in [0.1, 0.15) is 5.75 Å². The van der Waals surface area contributed by atoms with Crippen LogP contribution in [0, 0.1) is 0 Å². The molecule has 0 saturated carbocycles. The minimum absolute atomic E-state index is 0.106. The summed E-state index contributed by atoms with van der Waals surface area (Å²) in [7, 11) is 1.59. The highest BCUT2D eigenvalue weighted by Gasteiger charge is 2.23. The van der Waals surface area contributed by atoms with Crippen LogP contribution in [0.2, 0.25) is 0 Å². The van der Waals surface area contributed by atoms with E-state index in [-0.39, 0.29) is 11.8 Å². The molecule has 1 aliphatic rings. The second-order valence-electron chi connectivity index (χ2n) is 3.71. The molecule has 0 bridgehead atoms. The van der Waals surface area contributed by atoms with E-state index < -0.39 is 0 Å². The van der Waals surface area contributed by atoms with Crippen molar-refractivity contribution >= 4 is 11.6 Å². The van der Waals surface area contributed by atoms with Crippen LogP contribution in [0.5, 0.6) is 5.75 Å². The molecule has 1 aromatic carbocycles. The van der Waals surface area contributed by atoms with Crippen LogP contribution in [0.25, 0.3) is 0 Å². The maximum Gasteiger partial charge on any atom is 0.220 e. The van der Waals surface area contributed by atoms with Crippen molar-refractivity contribution in [3.05, 3.63) is 23.8 Å². The molecule has 15 heavy (non-hydrogen) atoms. The van der Waals surface area contributed by atoms with Gasteiger partial charge in [-0.2, -0.15) is 0 Å². The molecule has 1 aromatic rings. The zero-order valence-corrected chi connectivity index (χ0v) is 8.62. The number of nitrogens with two attached hydrogens (primary N) is 1. The third-order valence-corrected chi connectivity index (χ3v) is 2.70. The van der Waals surface area contributed by atoms with Gasteiger partial charge >= 0.3 is 0 Å². The summed E-state index contributed by atoms with van der Waals surface area (Å²) in [6, 6.07) is 5.68. The topological polar surface area (TPSA) is 64.3 Å². The van der Waals surface area contributed by atoms with Gasteiger partial charge in [-0.3, -0.25) is 4.79 Å². The number of benzene rings is 1. The lowest BCUT2D eigenvalue weighted by Crippen LogP contribution is -2.13. The predicted octanol–water partition coefficient (Wildman–Crippen LogP) is 0.881. The third-order valence-electron chi connectivity index (χ3n) is 2.70. The van der Waals surface area contributed by atoms with Gasteiger partial charge in [0.25, 0.3) is 0 Å². The molecule has 2 rings (SSSR count). The zero-order valence-electron chi connectivity index (χ0n) is 8.62. The van der Waals surface area contributed by atoms with Crippen LogP contribution >= 0.6 is 0 Å². The van der Waals surface area contributed by atoms with E-state index in [0.717, 1.165) is 5.56 Å². The Morgan fingerprint density at radius 1 is 1.53 bits per heavy atom. The molecule has 1 atom stereocenters. The normalized spacial score (nSPS) is 20.1. The Kier molecular flexibility index (Phi) is 2.49. The second kappa shape index (κ2) is 3.81. The van der Waals surface area contributed by atoms with Gasteiger partial charge in [-0.15, -0.1) is 0 Å². The van der Waals surface area contributed by atoms with Crippen molar-refractivity contribution in [2.24, 2.45) is 0 Å². The lowest BCUT2D eigenvalue weighted by atomic mass is 9.97. The fraction of sp³-hybridized carbons (Fsp3) is 0.364. The number of methoxy groups -OCH3 is 1. The smallest absolute Gasteiger partial charge is 0.220 e. The van der Waals surface area contributed by atoms with Gasteiger partial charge in [0.05, 0.1) is 12.8 Å². The fourth-order valence-corrected chi connectivity index (χ4v) is 1.85. The Labute approximate surface area is 88.4 Å². The molecule has 0 spiro atoms. The van der Waals surface area contributed by atoms with Crippen LogP contribution in [-0.4, -0.2) is 19.6 Å². The molecule has 1 saturated heterocycles. The maximum absolute atomic E-state index is 11.1. The minimum Gasteiger partial charge on any atom is -0.495 e. The van der Waals surface area contributed by atoms with Crippen molar-refractivity contribution in [3.8, 4) is 5.75 Å². The number of nitrogen functional groups attached to an aromatic ring is 1. The van der Waals surface area contributed by atoms with Crippen LogP contribution in [0.1, 0.15) is 17.9 Å². The van der Waals surface area contributed by atoms with E-state index in [9.17, 15) is 4.79 Å². The third kappa shape index (κ3) is 1.88. The molecule has 80 valence electrons. The van der Waals surface area contributed by atoms with E-state index in [4.69, 9.17) is 10.5 Å².